The Morgan fingerprint density at radius 2 is 2.25 bits per heavy atom. The predicted molar refractivity (Wildman–Crippen MR) is 58.3 cm³/mol. The van der Waals surface area contributed by atoms with Crippen molar-refractivity contribution in [3.05, 3.63) is 36.7 Å². The molecule has 0 saturated carbocycles. The number of nitrogens with one attached hydrogen (secondary N) is 1. The quantitative estimate of drug-likeness (QED) is 0.677. The highest BCUT2D eigenvalue weighted by atomic mass is 19.1. The van der Waals surface area contributed by atoms with Crippen LogP contribution in [-0.4, -0.2) is 19.7 Å². The summed E-state index contributed by atoms with van der Waals surface area (Å²) in [6, 6.07) is 1.68. The molecule has 0 aliphatic rings. The minimum Gasteiger partial charge on any atom is -0.346 e. The molecule has 0 aromatic carbocycles. The van der Waals surface area contributed by atoms with Gasteiger partial charge in [-0.3, -0.25) is 4.68 Å². The van der Waals surface area contributed by atoms with E-state index in [1.54, 1.807) is 36.4 Å². The first-order chi connectivity index (χ1) is 7.75. The Morgan fingerprint density at radius 3 is 3.00 bits per heavy atom. The van der Waals surface area contributed by atoms with Gasteiger partial charge in [-0.1, -0.05) is 0 Å². The number of hydrogen-bond donors (Lipinski definition) is 1. The van der Waals surface area contributed by atoms with Crippen LogP contribution in [0.5, 0.6) is 0 Å². The van der Waals surface area contributed by atoms with Crippen LogP contribution in [-0.2, 0) is 7.05 Å². The van der Waals surface area contributed by atoms with Crippen molar-refractivity contribution >= 4 is 11.0 Å². The molecule has 0 aliphatic carbocycles. The van der Waals surface area contributed by atoms with Gasteiger partial charge in [0, 0.05) is 36.8 Å². The van der Waals surface area contributed by atoms with Gasteiger partial charge >= 0.3 is 0 Å². The fourth-order valence-electron chi connectivity index (χ4n) is 1.74. The van der Waals surface area contributed by atoms with Gasteiger partial charge in [-0.2, -0.15) is 5.10 Å². The molecule has 5 heteroatoms. The van der Waals surface area contributed by atoms with Crippen LogP contribution >= 0.6 is 0 Å². The SMILES string of the molecule is Cn1cc(-c2cnc3[nH]ccc3c2F)cn1. The molecule has 4 nitrogen and oxygen atoms in total. The van der Waals surface area contributed by atoms with E-state index in [2.05, 4.69) is 15.1 Å². The number of pyridine rings is 1. The van der Waals surface area contributed by atoms with Gasteiger partial charge in [0.2, 0.25) is 0 Å². The molecule has 3 aromatic heterocycles. The third kappa shape index (κ3) is 1.21. The zero-order valence-corrected chi connectivity index (χ0v) is 8.61. The molecule has 0 unspecified atom stereocenters. The second-order valence-corrected chi connectivity index (χ2v) is 3.63. The van der Waals surface area contributed by atoms with Gasteiger partial charge in [0.1, 0.15) is 11.5 Å². The number of halogens is 1. The lowest BCUT2D eigenvalue weighted by Crippen LogP contribution is -1.88. The molecule has 16 heavy (non-hydrogen) atoms. The Hall–Kier alpha value is -2.17. The van der Waals surface area contributed by atoms with Gasteiger partial charge in [0.15, 0.2) is 0 Å². The highest BCUT2D eigenvalue weighted by Gasteiger charge is 2.11. The average molecular weight is 216 g/mol. The second-order valence-electron chi connectivity index (χ2n) is 3.63. The summed E-state index contributed by atoms with van der Waals surface area (Å²) < 4.78 is 15.7. The summed E-state index contributed by atoms with van der Waals surface area (Å²) in [6.45, 7) is 0. The molecule has 80 valence electrons. The van der Waals surface area contributed by atoms with Crippen molar-refractivity contribution in [2.75, 3.05) is 0 Å². The highest BCUT2D eigenvalue weighted by molar-refractivity contribution is 5.82. The number of fused-ring (bicyclic) bond motifs is 1. The number of H-pyrrole nitrogens is 1. The van der Waals surface area contributed by atoms with E-state index in [4.69, 9.17) is 0 Å². The molecule has 0 fully saturated rings. The Labute approximate surface area is 90.7 Å². The Kier molecular flexibility index (Phi) is 1.80. The molecular formula is C11H9FN4. The summed E-state index contributed by atoms with van der Waals surface area (Å²) in [4.78, 5) is 7.03. The maximum Gasteiger partial charge on any atom is 0.143 e. The summed E-state index contributed by atoms with van der Waals surface area (Å²) in [7, 11) is 1.80. The minimum absolute atomic E-state index is 0.265. The minimum atomic E-state index is -0.265. The molecule has 3 heterocycles. The van der Waals surface area contributed by atoms with Gasteiger partial charge in [0.05, 0.1) is 11.6 Å². The zero-order chi connectivity index (χ0) is 11.1. The van der Waals surface area contributed by atoms with Gasteiger partial charge in [0.25, 0.3) is 0 Å². The van der Waals surface area contributed by atoms with Gasteiger partial charge in [-0.05, 0) is 6.07 Å². The van der Waals surface area contributed by atoms with Crippen LogP contribution in [0.25, 0.3) is 22.2 Å². The van der Waals surface area contributed by atoms with E-state index >= 15 is 0 Å². The lowest BCUT2D eigenvalue weighted by Gasteiger charge is -2.00. The van der Waals surface area contributed by atoms with E-state index in [-0.39, 0.29) is 5.82 Å². The maximum atomic E-state index is 14.1. The summed E-state index contributed by atoms with van der Waals surface area (Å²) in [6.07, 6.45) is 6.58. The Morgan fingerprint density at radius 1 is 1.38 bits per heavy atom. The molecule has 3 aromatic rings. The van der Waals surface area contributed by atoms with Crippen molar-refractivity contribution in [1.82, 2.24) is 19.7 Å². The van der Waals surface area contributed by atoms with Crippen LogP contribution in [0, 0.1) is 5.82 Å². The third-order valence-corrected chi connectivity index (χ3v) is 2.54. The molecule has 0 aliphatic heterocycles. The van der Waals surface area contributed by atoms with Crippen molar-refractivity contribution in [2.45, 2.75) is 0 Å². The molecule has 0 atom stereocenters. The first-order valence-electron chi connectivity index (χ1n) is 4.86. The monoisotopic (exact) mass is 216 g/mol. The van der Waals surface area contributed by atoms with Crippen LogP contribution in [0.3, 0.4) is 0 Å². The van der Waals surface area contributed by atoms with E-state index < -0.39 is 0 Å². The maximum absolute atomic E-state index is 14.1. The van der Waals surface area contributed by atoms with Gasteiger partial charge < -0.3 is 4.98 Å². The van der Waals surface area contributed by atoms with Crippen molar-refractivity contribution in [2.24, 2.45) is 7.05 Å². The Balaban J connectivity index is 2.27. The molecule has 0 radical (unpaired) electrons. The summed E-state index contributed by atoms with van der Waals surface area (Å²) in [5, 5.41) is 4.52. The number of aryl methyl sites for hydroxylation is 1. The van der Waals surface area contributed by atoms with Crippen LogP contribution in [0.4, 0.5) is 4.39 Å². The number of nitrogens with zero attached hydrogens (tertiary/aromatic N) is 3. The lowest BCUT2D eigenvalue weighted by molar-refractivity contribution is 0.642. The molecular weight excluding hydrogens is 207 g/mol. The highest BCUT2D eigenvalue weighted by Crippen LogP contribution is 2.26. The molecule has 0 bridgehead atoms. The fourth-order valence-corrected chi connectivity index (χ4v) is 1.74. The summed E-state index contributed by atoms with van der Waals surface area (Å²) in [5.74, 6) is -0.265. The number of rotatable bonds is 1. The molecule has 0 saturated heterocycles. The van der Waals surface area contributed by atoms with Crippen LogP contribution in [0.1, 0.15) is 0 Å². The summed E-state index contributed by atoms with van der Waals surface area (Å²) >= 11 is 0. The smallest absolute Gasteiger partial charge is 0.143 e. The molecule has 1 N–H and O–H groups in total. The molecule has 0 amide bonds. The number of aromatic nitrogens is 4. The fraction of sp³-hybridized carbons (Fsp3) is 0.0909. The number of hydrogen-bond acceptors (Lipinski definition) is 2. The largest absolute Gasteiger partial charge is 0.346 e. The van der Waals surface area contributed by atoms with Crippen molar-refractivity contribution < 1.29 is 4.39 Å². The van der Waals surface area contributed by atoms with Gasteiger partial charge in [-0.15, -0.1) is 0 Å². The van der Waals surface area contributed by atoms with E-state index in [0.717, 1.165) is 5.56 Å². The lowest BCUT2D eigenvalue weighted by atomic mass is 10.1. The van der Waals surface area contributed by atoms with Crippen molar-refractivity contribution in [3.63, 3.8) is 0 Å². The van der Waals surface area contributed by atoms with Crippen LogP contribution in [0.2, 0.25) is 0 Å². The van der Waals surface area contributed by atoms with E-state index in [1.807, 2.05) is 0 Å². The number of aromatic amines is 1. The van der Waals surface area contributed by atoms with Crippen LogP contribution in [0.15, 0.2) is 30.9 Å². The topological polar surface area (TPSA) is 46.5 Å². The standard InChI is InChI=1S/C11H9FN4/c1-16-6-7(4-15-16)9-5-14-11-8(10(9)12)2-3-13-11/h2-6H,1H3,(H,13,14). The van der Waals surface area contributed by atoms with Crippen molar-refractivity contribution in [3.8, 4) is 11.1 Å². The van der Waals surface area contributed by atoms with Crippen molar-refractivity contribution in [1.29, 1.82) is 0 Å². The average Bonchev–Trinajstić information content (AvgIpc) is 2.87. The predicted octanol–water partition coefficient (Wildman–Crippen LogP) is 2.10. The van der Waals surface area contributed by atoms with Crippen LogP contribution < -0.4 is 0 Å². The second kappa shape index (κ2) is 3.16. The first kappa shape index (κ1) is 9.08. The Bertz CT molecular complexity index is 653. The normalized spacial score (nSPS) is 11.1. The van der Waals surface area contributed by atoms with E-state index in [0.29, 0.717) is 16.6 Å². The third-order valence-electron chi connectivity index (χ3n) is 2.54. The van der Waals surface area contributed by atoms with E-state index in [1.165, 1.54) is 6.20 Å². The van der Waals surface area contributed by atoms with Gasteiger partial charge in [-0.25, -0.2) is 9.37 Å². The van der Waals surface area contributed by atoms with E-state index in [9.17, 15) is 4.39 Å². The summed E-state index contributed by atoms with van der Waals surface area (Å²) in [5.41, 5.74) is 1.76. The first-order valence-corrected chi connectivity index (χ1v) is 4.86. The zero-order valence-electron chi connectivity index (χ0n) is 8.61. The molecule has 0 spiro atoms. The molecule has 3 rings (SSSR count).